The van der Waals surface area contributed by atoms with Gasteiger partial charge in [0.2, 0.25) is 0 Å². The zero-order chi connectivity index (χ0) is 14.8. The molecule has 0 saturated heterocycles. The summed E-state index contributed by atoms with van der Waals surface area (Å²) >= 11 is 0. The lowest BCUT2D eigenvalue weighted by atomic mass is 9.82. The maximum atomic E-state index is 11.8. The maximum Gasteiger partial charge on any atom is 0.407 e. The average Bonchev–Trinajstić information content (AvgIpc) is 2.74. The summed E-state index contributed by atoms with van der Waals surface area (Å²) in [7, 11) is 0. The van der Waals surface area contributed by atoms with E-state index in [1.165, 1.54) is 5.56 Å². The van der Waals surface area contributed by atoms with Gasteiger partial charge in [-0.15, -0.1) is 0 Å². The highest BCUT2D eigenvalue weighted by atomic mass is 16.6. The lowest BCUT2D eigenvalue weighted by Crippen LogP contribution is -2.43. The molecule has 0 fully saturated rings. The number of hydrogen-bond donors (Lipinski definition) is 2. The van der Waals surface area contributed by atoms with Crippen LogP contribution in [0.2, 0.25) is 0 Å². The van der Waals surface area contributed by atoms with E-state index in [-0.39, 0.29) is 12.0 Å². The van der Waals surface area contributed by atoms with Crippen molar-refractivity contribution >= 4 is 6.09 Å². The summed E-state index contributed by atoms with van der Waals surface area (Å²) in [6.45, 7) is 5.92. The van der Waals surface area contributed by atoms with Crippen LogP contribution in [-0.2, 0) is 16.6 Å². The van der Waals surface area contributed by atoms with Gasteiger partial charge >= 0.3 is 6.09 Å². The molecular formula is C16H23NO3. The number of amides is 1. The molecule has 110 valence electrons. The van der Waals surface area contributed by atoms with Crippen LogP contribution in [-0.4, -0.2) is 30.0 Å². The first-order valence-electron chi connectivity index (χ1n) is 7.02. The Kier molecular flexibility index (Phi) is 4.04. The van der Waals surface area contributed by atoms with Gasteiger partial charge in [0.15, 0.2) is 0 Å². The topological polar surface area (TPSA) is 58.6 Å². The first kappa shape index (κ1) is 14.9. The third-order valence-electron chi connectivity index (χ3n) is 3.73. The van der Waals surface area contributed by atoms with E-state index in [1.54, 1.807) is 0 Å². The van der Waals surface area contributed by atoms with Crippen LogP contribution in [0.1, 0.15) is 38.3 Å². The molecule has 4 heteroatoms. The van der Waals surface area contributed by atoms with Crippen molar-refractivity contribution in [2.75, 3.05) is 13.2 Å². The van der Waals surface area contributed by atoms with Crippen molar-refractivity contribution in [2.24, 2.45) is 0 Å². The number of rotatable bonds is 3. The number of alkyl carbamates (subject to hydrolysis) is 1. The van der Waals surface area contributed by atoms with Crippen LogP contribution in [0, 0.1) is 0 Å². The normalized spacial score (nSPS) is 21.4. The van der Waals surface area contributed by atoms with Gasteiger partial charge in [0.1, 0.15) is 5.60 Å². The van der Waals surface area contributed by atoms with Crippen LogP contribution in [0.25, 0.3) is 0 Å². The molecule has 2 N–H and O–H groups in total. The van der Waals surface area contributed by atoms with Gasteiger partial charge in [-0.3, -0.25) is 0 Å². The molecule has 2 rings (SSSR count). The second-order valence-electron chi connectivity index (χ2n) is 6.45. The molecule has 1 aliphatic rings. The van der Waals surface area contributed by atoms with E-state index in [0.29, 0.717) is 6.54 Å². The fourth-order valence-corrected chi connectivity index (χ4v) is 2.72. The monoisotopic (exact) mass is 277 g/mol. The Morgan fingerprint density at radius 1 is 1.40 bits per heavy atom. The SMILES string of the molecule is CC(C)(C)OC(=O)NCC1(CO)CCc2ccccc21. The van der Waals surface area contributed by atoms with Crippen LogP contribution in [0.5, 0.6) is 0 Å². The minimum absolute atomic E-state index is 0.0276. The number of nitrogens with one attached hydrogen (secondary N) is 1. The van der Waals surface area contributed by atoms with Crippen LogP contribution >= 0.6 is 0 Å². The number of carbonyl (C=O) groups excluding carboxylic acids is 1. The zero-order valence-electron chi connectivity index (χ0n) is 12.4. The van der Waals surface area contributed by atoms with Crippen molar-refractivity contribution in [2.45, 2.75) is 44.6 Å². The summed E-state index contributed by atoms with van der Waals surface area (Å²) < 4.78 is 5.24. The molecule has 0 heterocycles. The van der Waals surface area contributed by atoms with Gasteiger partial charge in [-0.25, -0.2) is 4.79 Å². The van der Waals surface area contributed by atoms with E-state index in [2.05, 4.69) is 11.4 Å². The Morgan fingerprint density at radius 2 is 2.10 bits per heavy atom. The third kappa shape index (κ3) is 3.12. The van der Waals surface area contributed by atoms with Crippen LogP contribution in [0.3, 0.4) is 0 Å². The van der Waals surface area contributed by atoms with Crippen LogP contribution in [0.15, 0.2) is 24.3 Å². The van der Waals surface area contributed by atoms with Gasteiger partial charge in [-0.2, -0.15) is 0 Å². The van der Waals surface area contributed by atoms with Crippen molar-refractivity contribution in [1.82, 2.24) is 5.32 Å². The van der Waals surface area contributed by atoms with Crippen LogP contribution in [0.4, 0.5) is 4.79 Å². The molecule has 0 radical (unpaired) electrons. The maximum absolute atomic E-state index is 11.8. The molecule has 20 heavy (non-hydrogen) atoms. The van der Waals surface area contributed by atoms with E-state index in [9.17, 15) is 9.90 Å². The molecule has 1 aromatic carbocycles. The van der Waals surface area contributed by atoms with Gasteiger partial charge in [-0.1, -0.05) is 24.3 Å². The molecular weight excluding hydrogens is 254 g/mol. The number of fused-ring (bicyclic) bond motifs is 1. The second kappa shape index (κ2) is 5.44. The van der Waals surface area contributed by atoms with Gasteiger partial charge in [0, 0.05) is 12.0 Å². The van der Waals surface area contributed by atoms with Gasteiger partial charge in [0.05, 0.1) is 6.61 Å². The first-order chi connectivity index (χ1) is 9.36. The first-order valence-corrected chi connectivity index (χ1v) is 7.02. The molecule has 1 atom stereocenters. The number of aliphatic hydroxyl groups is 1. The van der Waals surface area contributed by atoms with E-state index in [4.69, 9.17) is 4.74 Å². The summed E-state index contributed by atoms with van der Waals surface area (Å²) in [5.74, 6) is 0. The molecule has 1 aliphatic carbocycles. The zero-order valence-corrected chi connectivity index (χ0v) is 12.4. The van der Waals surface area contributed by atoms with Crippen molar-refractivity contribution < 1.29 is 14.6 Å². The molecule has 0 aliphatic heterocycles. The predicted octanol–water partition coefficient (Wildman–Crippen LogP) is 2.39. The summed E-state index contributed by atoms with van der Waals surface area (Å²) in [5.41, 5.74) is 1.50. The van der Waals surface area contributed by atoms with E-state index in [1.807, 2.05) is 39.0 Å². The number of ether oxygens (including phenoxy) is 1. The van der Waals surface area contributed by atoms with Crippen molar-refractivity contribution in [1.29, 1.82) is 0 Å². The Balaban J connectivity index is 2.06. The second-order valence-corrected chi connectivity index (χ2v) is 6.45. The van der Waals surface area contributed by atoms with Crippen molar-refractivity contribution in [3.05, 3.63) is 35.4 Å². The van der Waals surface area contributed by atoms with Gasteiger partial charge in [0.25, 0.3) is 0 Å². The standard InChI is InChI=1S/C16H23NO3/c1-15(2,3)20-14(19)17-10-16(11-18)9-8-12-6-4-5-7-13(12)16/h4-7,18H,8-11H2,1-3H3,(H,17,19). The average molecular weight is 277 g/mol. The molecule has 1 unspecified atom stereocenters. The number of hydrogen-bond acceptors (Lipinski definition) is 3. The Morgan fingerprint density at radius 3 is 2.75 bits per heavy atom. The Bertz CT molecular complexity index is 493. The van der Waals surface area contributed by atoms with Gasteiger partial charge in [-0.05, 0) is 44.7 Å². The number of benzene rings is 1. The highest BCUT2D eigenvalue weighted by Crippen LogP contribution is 2.38. The molecule has 1 amide bonds. The van der Waals surface area contributed by atoms with Crippen molar-refractivity contribution in [3.63, 3.8) is 0 Å². The lowest BCUT2D eigenvalue weighted by Gasteiger charge is -2.29. The minimum Gasteiger partial charge on any atom is -0.444 e. The molecule has 1 aromatic rings. The summed E-state index contributed by atoms with van der Waals surface area (Å²) in [4.78, 5) is 11.8. The summed E-state index contributed by atoms with van der Waals surface area (Å²) in [5, 5.41) is 12.6. The molecule has 0 saturated carbocycles. The highest BCUT2D eigenvalue weighted by Gasteiger charge is 2.38. The van der Waals surface area contributed by atoms with E-state index < -0.39 is 11.7 Å². The molecule has 0 spiro atoms. The van der Waals surface area contributed by atoms with Crippen LogP contribution < -0.4 is 5.32 Å². The van der Waals surface area contributed by atoms with E-state index >= 15 is 0 Å². The minimum atomic E-state index is -0.510. The fraction of sp³-hybridized carbons (Fsp3) is 0.562. The number of carbonyl (C=O) groups is 1. The molecule has 0 bridgehead atoms. The Hall–Kier alpha value is -1.55. The van der Waals surface area contributed by atoms with E-state index in [0.717, 1.165) is 18.4 Å². The predicted molar refractivity (Wildman–Crippen MR) is 77.8 cm³/mol. The number of aryl methyl sites for hydroxylation is 1. The molecule has 0 aromatic heterocycles. The highest BCUT2D eigenvalue weighted by molar-refractivity contribution is 5.68. The lowest BCUT2D eigenvalue weighted by molar-refractivity contribution is 0.0503. The summed E-state index contributed by atoms with van der Waals surface area (Å²) in [6, 6.07) is 8.10. The van der Waals surface area contributed by atoms with Crippen molar-refractivity contribution in [3.8, 4) is 0 Å². The Labute approximate surface area is 120 Å². The third-order valence-corrected chi connectivity index (χ3v) is 3.73. The fourth-order valence-electron chi connectivity index (χ4n) is 2.72. The quantitative estimate of drug-likeness (QED) is 0.892. The van der Waals surface area contributed by atoms with Gasteiger partial charge < -0.3 is 15.2 Å². The summed E-state index contributed by atoms with van der Waals surface area (Å²) in [6.07, 6.45) is 1.35. The largest absolute Gasteiger partial charge is 0.444 e. The molecule has 4 nitrogen and oxygen atoms in total. The smallest absolute Gasteiger partial charge is 0.407 e. The number of aliphatic hydroxyl groups excluding tert-OH is 1.